The van der Waals surface area contributed by atoms with Gasteiger partial charge in [0.1, 0.15) is 5.56 Å². The van der Waals surface area contributed by atoms with E-state index >= 15 is 0 Å². The first-order valence-corrected chi connectivity index (χ1v) is 8.65. The molecule has 1 amide bonds. The van der Waals surface area contributed by atoms with Gasteiger partial charge >= 0.3 is 0 Å². The monoisotopic (exact) mass is 396 g/mol. The number of aromatic nitrogens is 1. The van der Waals surface area contributed by atoms with Crippen LogP contribution in [-0.2, 0) is 6.54 Å². The molecule has 1 aromatic heterocycles. The van der Waals surface area contributed by atoms with E-state index in [9.17, 15) is 9.59 Å². The molecule has 0 unspecified atom stereocenters. The van der Waals surface area contributed by atoms with Crippen LogP contribution in [0.1, 0.15) is 21.5 Å². The molecule has 0 atom stereocenters. The number of rotatable bonds is 4. The first kappa shape index (κ1) is 17.2. The third-order valence-electron chi connectivity index (χ3n) is 3.88. The van der Waals surface area contributed by atoms with E-state index < -0.39 is 5.91 Å². The van der Waals surface area contributed by atoms with Crippen molar-refractivity contribution in [3.8, 4) is 0 Å². The molecule has 0 radical (unpaired) electrons. The zero-order chi connectivity index (χ0) is 17.8. The molecule has 0 aliphatic carbocycles. The highest BCUT2D eigenvalue weighted by atomic mass is 79.9. The van der Waals surface area contributed by atoms with Gasteiger partial charge in [-0.05, 0) is 48.4 Å². The largest absolute Gasteiger partial charge is 0.322 e. The molecule has 0 bridgehead atoms. The van der Waals surface area contributed by atoms with E-state index in [1.807, 2.05) is 49.4 Å². The second-order valence-electron chi connectivity index (χ2n) is 5.76. The van der Waals surface area contributed by atoms with E-state index in [1.165, 1.54) is 4.57 Å². The molecular formula is C20H17BrN2O2. The van der Waals surface area contributed by atoms with Crippen LogP contribution < -0.4 is 10.9 Å². The van der Waals surface area contributed by atoms with Gasteiger partial charge < -0.3 is 9.88 Å². The standard InChI is InChI=1S/C20H17BrN2O2/c1-14-12-16(9-10-18(14)21)22-19(24)17-8-5-11-23(20(17)25)13-15-6-3-2-4-7-15/h2-12H,13H2,1H3,(H,22,24). The molecule has 0 aliphatic heterocycles. The number of pyridine rings is 1. The van der Waals surface area contributed by atoms with Gasteiger partial charge in [0, 0.05) is 16.4 Å². The minimum Gasteiger partial charge on any atom is -0.322 e. The molecular weight excluding hydrogens is 380 g/mol. The van der Waals surface area contributed by atoms with Crippen molar-refractivity contribution in [1.29, 1.82) is 0 Å². The molecule has 4 nitrogen and oxygen atoms in total. The summed E-state index contributed by atoms with van der Waals surface area (Å²) in [6, 6.07) is 18.4. The highest BCUT2D eigenvalue weighted by Crippen LogP contribution is 2.20. The number of halogens is 1. The first-order valence-electron chi connectivity index (χ1n) is 7.85. The van der Waals surface area contributed by atoms with Crippen LogP contribution in [0, 0.1) is 6.92 Å². The molecule has 2 aromatic carbocycles. The minimum atomic E-state index is -0.408. The Kier molecular flexibility index (Phi) is 5.14. The molecule has 1 N–H and O–H groups in total. The van der Waals surface area contributed by atoms with Gasteiger partial charge in [-0.15, -0.1) is 0 Å². The lowest BCUT2D eigenvalue weighted by Gasteiger charge is -2.10. The number of benzene rings is 2. The lowest BCUT2D eigenvalue weighted by molar-refractivity contribution is 0.102. The van der Waals surface area contributed by atoms with Crippen molar-refractivity contribution < 1.29 is 4.79 Å². The van der Waals surface area contributed by atoms with Crippen molar-refractivity contribution in [2.24, 2.45) is 0 Å². The van der Waals surface area contributed by atoms with Gasteiger partial charge in [-0.25, -0.2) is 0 Å². The Bertz CT molecular complexity index is 965. The summed E-state index contributed by atoms with van der Waals surface area (Å²) in [5.41, 5.74) is 2.48. The molecule has 3 rings (SSSR count). The summed E-state index contributed by atoms with van der Waals surface area (Å²) in [5, 5.41) is 2.79. The minimum absolute atomic E-state index is 0.124. The van der Waals surface area contributed by atoms with Crippen molar-refractivity contribution in [1.82, 2.24) is 4.57 Å². The average Bonchev–Trinajstić information content (AvgIpc) is 2.61. The molecule has 126 valence electrons. The Morgan fingerprint density at radius 1 is 1.08 bits per heavy atom. The van der Waals surface area contributed by atoms with Crippen molar-refractivity contribution in [2.75, 3.05) is 5.32 Å². The molecule has 0 spiro atoms. The molecule has 0 saturated carbocycles. The topological polar surface area (TPSA) is 51.1 Å². The second kappa shape index (κ2) is 7.49. The van der Waals surface area contributed by atoms with Crippen LogP contribution in [-0.4, -0.2) is 10.5 Å². The smallest absolute Gasteiger partial charge is 0.263 e. The van der Waals surface area contributed by atoms with Crippen LogP contribution in [0.25, 0.3) is 0 Å². The Morgan fingerprint density at radius 2 is 1.84 bits per heavy atom. The van der Waals surface area contributed by atoms with Gasteiger partial charge in [-0.3, -0.25) is 9.59 Å². The van der Waals surface area contributed by atoms with E-state index in [0.717, 1.165) is 15.6 Å². The van der Waals surface area contributed by atoms with Crippen LogP contribution in [0.4, 0.5) is 5.69 Å². The Labute approximate surface area is 154 Å². The third-order valence-corrected chi connectivity index (χ3v) is 4.77. The second-order valence-corrected chi connectivity index (χ2v) is 6.61. The van der Waals surface area contributed by atoms with Gasteiger partial charge in [-0.2, -0.15) is 0 Å². The number of hydrogen-bond donors (Lipinski definition) is 1. The number of nitrogens with one attached hydrogen (secondary N) is 1. The number of anilines is 1. The van der Waals surface area contributed by atoms with Crippen molar-refractivity contribution in [3.05, 3.63) is 98.4 Å². The van der Waals surface area contributed by atoms with Gasteiger partial charge in [0.2, 0.25) is 0 Å². The van der Waals surface area contributed by atoms with Crippen molar-refractivity contribution >= 4 is 27.5 Å². The number of nitrogens with zero attached hydrogens (tertiary/aromatic N) is 1. The van der Waals surface area contributed by atoms with E-state index in [0.29, 0.717) is 12.2 Å². The molecule has 3 aromatic rings. The Hall–Kier alpha value is -2.66. The lowest BCUT2D eigenvalue weighted by Crippen LogP contribution is -2.29. The number of carbonyl (C=O) groups excluding carboxylic acids is 1. The van der Waals surface area contributed by atoms with Crippen LogP contribution in [0.2, 0.25) is 0 Å². The maximum Gasteiger partial charge on any atom is 0.263 e. The van der Waals surface area contributed by atoms with Crippen LogP contribution in [0.3, 0.4) is 0 Å². The third kappa shape index (κ3) is 4.06. The number of hydrogen-bond acceptors (Lipinski definition) is 2. The van der Waals surface area contributed by atoms with Crippen LogP contribution in [0.5, 0.6) is 0 Å². The van der Waals surface area contributed by atoms with Crippen molar-refractivity contribution in [2.45, 2.75) is 13.5 Å². The predicted octanol–water partition coefficient (Wildman–Crippen LogP) is 4.22. The van der Waals surface area contributed by atoms with E-state index in [1.54, 1.807) is 24.4 Å². The van der Waals surface area contributed by atoms with Crippen LogP contribution >= 0.6 is 15.9 Å². The Morgan fingerprint density at radius 3 is 2.56 bits per heavy atom. The molecule has 5 heteroatoms. The fraction of sp³-hybridized carbons (Fsp3) is 0.100. The number of aryl methyl sites for hydroxylation is 1. The summed E-state index contributed by atoms with van der Waals surface area (Å²) in [5.74, 6) is -0.408. The molecule has 1 heterocycles. The zero-order valence-electron chi connectivity index (χ0n) is 13.7. The summed E-state index contributed by atoms with van der Waals surface area (Å²) in [6.07, 6.45) is 1.69. The van der Waals surface area contributed by atoms with Gasteiger partial charge in [0.15, 0.2) is 0 Å². The van der Waals surface area contributed by atoms with Crippen LogP contribution in [0.15, 0.2) is 76.1 Å². The molecule has 25 heavy (non-hydrogen) atoms. The maximum absolute atomic E-state index is 12.6. The number of carbonyl (C=O) groups is 1. The van der Waals surface area contributed by atoms with E-state index in [4.69, 9.17) is 0 Å². The predicted molar refractivity (Wildman–Crippen MR) is 103 cm³/mol. The van der Waals surface area contributed by atoms with Gasteiger partial charge in [-0.1, -0.05) is 46.3 Å². The highest BCUT2D eigenvalue weighted by Gasteiger charge is 2.13. The average molecular weight is 397 g/mol. The normalized spacial score (nSPS) is 10.5. The highest BCUT2D eigenvalue weighted by molar-refractivity contribution is 9.10. The summed E-state index contributed by atoms with van der Waals surface area (Å²) in [4.78, 5) is 25.1. The molecule has 0 aliphatic rings. The fourth-order valence-corrected chi connectivity index (χ4v) is 2.78. The lowest BCUT2D eigenvalue weighted by atomic mass is 10.2. The summed E-state index contributed by atoms with van der Waals surface area (Å²) >= 11 is 3.43. The summed E-state index contributed by atoms with van der Waals surface area (Å²) < 4.78 is 2.51. The fourth-order valence-electron chi connectivity index (χ4n) is 2.54. The van der Waals surface area contributed by atoms with Gasteiger partial charge in [0.05, 0.1) is 6.54 Å². The number of amides is 1. The SMILES string of the molecule is Cc1cc(NC(=O)c2cccn(Cc3ccccc3)c2=O)ccc1Br. The Balaban J connectivity index is 1.84. The maximum atomic E-state index is 12.6. The summed E-state index contributed by atoms with van der Waals surface area (Å²) in [6.45, 7) is 2.37. The van der Waals surface area contributed by atoms with Crippen molar-refractivity contribution in [3.63, 3.8) is 0 Å². The zero-order valence-corrected chi connectivity index (χ0v) is 15.3. The molecule has 0 saturated heterocycles. The first-order chi connectivity index (χ1) is 12.0. The summed E-state index contributed by atoms with van der Waals surface area (Å²) in [7, 11) is 0. The molecule has 0 fully saturated rings. The van der Waals surface area contributed by atoms with E-state index in [-0.39, 0.29) is 11.1 Å². The quantitative estimate of drug-likeness (QED) is 0.717. The van der Waals surface area contributed by atoms with Gasteiger partial charge in [0.25, 0.3) is 11.5 Å². The van der Waals surface area contributed by atoms with E-state index in [2.05, 4.69) is 21.2 Å².